The minimum atomic E-state index is 0. The van der Waals surface area contributed by atoms with Crippen molar-refractivity contribution >= 4 is 0 Å². The van der Waals surface area contributed by atoms with Crippen LogP contribution in [-0.4, -0.2) is 18.7 Å². The topological polar surface area (TPSA) is 40.7 Å². The number of hydrogen-bond acceptors (Lipinski definition) is 1. The van der Waals surface area contributed by atoms with Crippen molar-refractivity contribution in [3.63, 3.8) is 0 Å². The molecule has 0 aromatic carbocycles. The molecule has 0 aliphatic heterocycles. The average molecular weight is 541 g/mol. The van der Waals surface area contributed by atoms with Crippen LogP contribution in [0.3, 0.4) is 0 Å². The summed E-state index contributed by atoms with van der Waals surface area (Å²) in [6, 6.07) is 0. The Morgan fingerprint density at radius 3 is 0.579 bits per heavy atom. The van der Waals surface area contributed by atoms with Crippen LogP contribution in [0.2, 0.25) is 0 Å². The average Bonchev–Trinajstić information content (AvgIpc) is 2.91. The van der Waals surface area contributed by atoms with Crippen LogP contribution in [0.1, 0.15) is 219 Å². The van der Waals surface area contributed by atoms with Gasteiger partial charge in [-0.1, -0.05) is 206 Å². The molecule has 0 aliphatic rings. The van der Waals surface area contributed by atoms with Gasteiger partial charge in [0.15, 0.2) is 0 Å². The van der Waals surface area contributed by atoms with Crippen molar-refractivity contribution in [2.45, 2.75) is 219 Å². The first kappa shape index (κ1) is 40.1. The molecule has 0 amide bonds. The molecule has 2 heteroatoms. The van der Waals surface area contributed by atoms with Crippen LogP contribution in [-0.2, 0) is 4.74 Å². The molecule has 0 atom stereocenters. The van der Waals surface area contributed by atoms with E-state index in [4.69, 9.17) is 4.74 Å². The smallest absolute Gasteiger partial charge is 0.0466 e. The molecule has 0 fully saturated rings. The fraction of sp³-hybridized carbons (Fsp3) is 1.00. The lowest BCUT2D eigenvalue weighted by Gasteiger charge is -2.06. The number of hydrogen-bond donors (Lipinski definition) is 0. The highest BCUT2D eigenvalue weighted by Crippen LogP contribution is 2.15. The van der Waals surface area contributed by atoms with E-state index in [1.165, 1.54) is 205 Å². The fourth-order valence-electron chi connectivity index (χ4n) is 5.61. The Kier molecular flexibility index (Phi) is 41.2. The summed E-state index contributed by atoms with van der Waals surface area (Å²) in [4.78, 5) is 0. The second-order valence-electron chi connectivity index (χ2n) is 12.2. The van der Waals surface area contributed by atoms with Crippen LogP contribution in [0.4, 0.5) is 0 Å². The van der Waals surface area contributed by atoms with Crippen molar-refractivity contribution in [1.29, 1.82) is 0 Å². The second-order valence-corrected chi connectivity index (χ2v) is 12.2. The third-order valence-electron chi connectivity index (χ3n) is 8.28. The first-order valence-corrected chi connectivity index (χ1v) is 18.0. The molecular formula is C36H76O2. The normalized spacial score (nSPS) is 11.2. The molecule has 0 heterocycles. The lowest BCUT2D eigenvalue weighted by molar-refractivity contribution is 0.125. The van der Waals surface area contributed by atoms with Gasteiger partial charge in [0.2, 0.25) is 0 Å². The Labute approximate surface area is 242 Å². The highest BCUT2D eigenvalue weighted by Gasteiger charge is 1.97. The van der Waals surface area contributed by atoms with E-state index in [0.29, 0.717) is 0 Å². The predicted octanol–water partition coefficient (Wildman–Crippen LogP) is 12.7. The van der Waals surface area contributed by atoms with E-state index in [1.54, 1.807) is 0 Å². The molecule has 0 saturated carbocycles. The zero-order valence-electron chi connectivity index (χ0n) is 26.9. The van der Waals surface area contributed by atoms with Crippen molar-refractivity contribution in [3.05, 3.63) is 0 Å². The molecular weight excluding hydrogens is 464 g/mol. The van der Waals surface area contributed by atoms with Crippen molar-refractivity contribution < 1.29 is 10.2 Å². The lowest BCUT2D eigenvalue weighted by Crippen LogP contribution is -1.97. The van der Waals surface area contributed by atoms with Gasteiger partial charge in [0.25, 0.3) is 0 Å². The molecule has 0 aromatic rings. The van der Waals surface area contributed by atoms with Gasteiger partial charge in [-0.15, -0.1) is 0 Å². The molecule has 2 nitrogen and oxygen atoms in total. The summed E-state index contributed by atoms with van der Waals surface area (Å²) >= 11 is 0. The van der Waals surface area contributed by atoms with Crippen molar-refractivity contribution in [2.24, 2.45) is 0 Å². The summed E-state index contributed by atoms with van der Waals surface area (Å²) in [5.74, 6) is 0. The maximum Gasteiger partial charge on any atom is 0.0466 e. The van der Waals surface area contributed by atoms with Gasteiger partial charge in [-0.25, -0.2) is 0 Å². The summed E-state index contributed by atoms with van der Waals surface area (Å²) < 4.78 is 5.87. The van der Waals surface area contributed by atoms with E-state index in [-0.39, 0.29) is 5.48 Å². The first-order valence-electron chi connectivity index (χ1n) is 18.0. The van der Waals surface area contributed by atoms with Crippen molar-refractivity contribution in [2.75, 3.05) is 13.2 Å². The Morgan fingerprint density at radius 2 is 0.395 bits per heavy atom. The minimum Gasteiger partial charge on any atom is -0.412 e. The van der Waals surface area contributed by atoms with Gasteiger partial charge in [0.1, 0.15) is 0 Å². The van der Waals surface area contributed by atoms with Crippen molar-refractivity contribution in [1.82, 2.24) is 0 Å². The predicted molar refractivity (Wildman–Crippen MR) is 174 cm³/mol. The number of rotatable bonds is 34. The van der Waals surface area contributed by atoms with Gasteiger partial charge in [-0.2, -0.15) is 0 Å². The summed E-state index contributed by atoms with van der Waals surface area (Å²) in [6.07, 6.45) is 46.0. The molecule has 0 saturated heterocycles. The van der Waals surface area contributed by atoms with Gasteiger partial charge in [0, 0.05) is 13.2 Å². The molecule has 0 bridgehead atoms. The third kappa shape index (κ3) is 38.1. The standard InChI is InChI=1S/C36H74O.H2O/c1-3-5-7-9-11-13-15-17-19-21-23-25-27-29-31-33-35-37-36-34-32-30-28-26-24-22-20-18-16-14-12-10-8-6-4-2;/h3-36H2,1-2H3;1H2. The van der Waals surface area contributed by atoms with E-state index in [9.17, 15) is 0 Å². The Morgan fingerprint density at radius 1 is 0.237 bits per heavy atom. The van der Waals surface area contributed by atoms with Gasteiger partial charge in [0.05, 0.1) is 0 Å². The second kappa shape index (κ2) is 39.1. The Hall–Kier alpha value is -0.0800. The summed E-state index contributed by atoms with van der Waals surface area (Å²) in [5, 5.41) is 0. The van der Waals surface area contributed by atoms with Crippen LogP contribution in [0.5, 0.6) is 0 Å². The number of ether oxygens (including phenoxy) is 1. The van der Waals surface area contributed by atoms with Crippen LogP contribution in [0, 0.1) is 0 Å². The van der Waals surface area contributed by atoms with E-state index >= 15 is 0 Å². The maximum atomic E-state index is 5.87. The van der Waals surface area contributed by atoms with Crippen LogP contribution >= 0.6 is 0 Å². The third-order valence-corrected chi connectivity index (χ3v) is 8.28. The van der Waals surface area contributed by atoms with Gasteiger partial charge < -0.3 is 10.2 Å². The van der Waals surface area contributed by atoms with Gasteiger partial charge in [-0.3, -0.25) is 0 Å². The summed E-state index contributed by atoms with van der Waals surface area (Å²) in [6.45, 7) is 6.60. The highest BCUT2D eigenvalue weighted by atomic mass is 16.5. The lowest BCUT2D eigenvalue weighted by atomic mass is 10.0. The summed E-state index contributed by atoms with van der Waals surface area (Å²) in [7, 11) is 0. The number of unbranched alkanes of at least 4 members (excludes halogenated alkanes) is 30. The molecule has 0 aromatic heterocycles. The minimum absolute atomic E-state index is 0. The first-order chi connectivity index (χ1) is 18.4. The molecule has 0 aliphatic carbocycles. The van der Waals surface area contributed by atoms with E-state index in [2.05, 4.69) is 13.8 Å². The maximum absolute atomic E-state index is 5.87. The van der Waals surface area contributed by atoms with Crippen LogP contribution in [0.25, 0.3) is 0 Å². The van der Waals surface area contributed by atoms with E-state index < -0.39 is 0 Å². The van der Waals surface area contributed by atoms with E-state index in [0.717, 1.165) is 13.2 Å². The van der Waals surface area contributed by atoms with Crippen molar-refractivity contribution in [3.8, 4) is 0 Å². The largest absolute Gasteiger partial charge is 0.412 e. The molecule has 2 N–H and O–H groups in total. The highest BCUT2D eigenvalue weighted by molar-refractivity contribution is 4.52. The Bertz CT molecular complexity index is 336. The zero-order chi connectivity index (χ0) is 26.7. The molecule has 0 spiro atoms. The van der Waals surface area contributed by atoms with Gasteiger partial charge in [-0.05, 0) is 12.8 Å². The quantitative estimate of drug-likeness (QED) is 0.0748. The molecule has 0 radical (unpaired) electrons. The molecule has 38 heavy (non-hydrogen) atoms. The summed E-state index contributed by atoms with van der Waals surface area (Å²) in [5.41, 5.74) is 0. The SMILES string of the molecule is CCCCCCCCCCCCCCCCCCOCCCCCCCCCCCCCCCCCC.O. The monoisotopic (exact) mass is 541 g/mol. The fourth-order valence-corrected chi connectivity index (χ4v) is 5.61. The van der Waals surface area contributed by atoms with Crippen LogP contribution < -0.4 is 0 Å². The zero-order valence-corrected chi connectivity index (χ0v) is 26.9. The Balaban J connectivity index is 0. The molecule has 0 unspecified atom stereocenters. The van der Waals surface area contributed by atoms with Crippen LogP contribution in [0.15, 0.2) is 0 Å². The molecule has 232 valence electrons. The van der Waals surface area contributed by atoms with E-state index in [1.807, 2.05) is 0 Å². The molecule has 0 rings (SSSR count). The van der Waals surface area contributed by atoms with Gasteiger partial charge >= 0.3 is 0 Å².